The smallest absolute Gasteiger partial charge is 0.328 e. The number of halogens is 1. The third-order valence-corrected chi connectivity index (χ3v) is 2.54. The van der Waals surface area contributed by atoms with Crippen molar-refractivity contribution in [3.05, 3.63) is 59.7 Å². The number of carboxylic acid groups (broad SMARTS) is 1. The van der Waals surface area contributed by atoms with Crippen LogP contribution in [-0.4, -0.2) is 16.1 Å². The Morgan fingerprint density at radius 2 is 2.20 bits per heavy atom. The van der Waals surface area contributed by atoms with Crippen LogP contribution in [0.25, 0.3) is 6.08 Å². The van der Waals surface area contributed by atoms with Crippen LogP contribution in [0.5, 0.6) is 11.5 Å². The lowest BCUT2D eigenvalue weighted by Crippen LogP contribution is -1.92. The van der Waals surface area contributed by atoms with E-state index in [0.29, 0.717) is 16.9 Å². The molecule has 0 aliphatic carbocycles. The molecule has 0 aliphatic rings. The topological polar surface area (TPSA) is 59.4 Å². The Kier molecular flexibility index (Phi) is 4.10. The van der Waals surface area contributed by atoms with Crippen LogP contribution in [0, 0.1) is 12.7 Å². The van der Waals surface area contributed by atoms with Crippen molar-refractivity contribution in [3.8, 4) is 11.5 Å². The fourth-order valence-electron chi connectivity index (χ4n) is 1.58. The highest BCUT2D eigenvalue weighted by molar-refractivity contribution is 5.85. The lowest BCUT2D eigenvalue weighted by molar-refractivity contribution is -0.131. The lowest BCUT2D eigenvalue weighted by atomic mass is 10.2. The molecule has 0 atom stereocenters. The molecule has 0 aliphatic heterocycles. The maximum absolute atomic E-state index is 13.8. The summed E-state index contributed by atoms with van der Waals surface area (Å²) >= 11 is 0. The van der Waals surface area contributed by atoms with Crippen molar-refractivity contribution in [2.45, 2.75) is 6.92 Å². The molecule has 0 spiro atoms. The van der Waals surface area contributed by atoms with Crippen molar-refractivity contribution < 1.29 is 19.0 Å². The number of pyridine rings is 1. The molecule has 0 saturated carbocycles. The summed E-state index contributed by atoms with van der Waals surface area (Å²) in [6.45, 7) is 1.65. The minimum Gasteiger partial charge on any atom is -0.478 e. The number of benzene rings is 1. The first-order valence-corrected chi connectivity index (χ1v) is 5.85. The number of aliphatic carboxylic acids is 1. The molecule has 0 unspecified atom stereocenters. The molecular formula is C15H12FNO3. The van der Waals surface area contributed by atoms with Crippen LogP contribution < -0.4 is 4.74 Å². The zero-order chi connectivity index (χ0) is 14.5. The number of nitrogens with zero attached hydrogens (tertiary/aromatic N) is 1. The van der Waals surface area contributed by atoms with Crippen molar-refractivity contribution in [3.63, 3.8) is 0 Å². The van der Waals surface area contributed by atoms with Crippen LogP contribution in [0.15, 0.2) is 42.7 Å². The van der Waals surface area contributed by atoms with Crippen molar-refractivity contribution in [1.82, 2.24) is 4.98 Å². The van der Waals surface area contributed by atoms with E-state index >= 15 is 0 Å². The van der Waals surface area contributed by atoms with E-state index in [1.165, 1.54) is 24.5 Å². The van der Waals surface area contributed by atoms with E-state index in [2.05, 4.69) is 4.98 Å². The summed E-state index contributed by atoms with van der Waals surface area (Å²) in [6.07, 6.45) is 5.29. The number of hydrogen-bond donors (Lipinski definition) is 1. The van der Waals surface area contributed by atoms with E-state index in [1.54, 1.807) is 25.1 Å². The summed E-state index contributed by atoms with van der Waals surface area (Å²) in [6, 6.07) is 6.43. The first-order valence-electron chi connectivity index (χ1n) is 5.85. The number of carbonyl (C=O) groups is 1. The standard InChI is InChI=1S/C15H12FNO3/c1-10-3-2-4-13(15(10)16)20-12-7-11(8-17-9-12)5-6-14(18)19/h2-9H,1H3,(H,18,19)/b6-5+. The van der Waals surface area contributed by atoms with Crippen molar-refractivity contribution in [2.75, 3.05) is 0 Å². The van der Waals surface area contributed by atoms with Gasteiger partial charge in [0.15, 0.2) is 11.6 Å². The Hall–Kier alpha value is -2.69. The lowest BCUT2D eigenvalue weighted by Gasteiger charge is -2.08. The highest BCUT2D eigenvalue weighted by Crippen LogP contribution is 2.26. The fraction of sp³-hybridized carbons (Fsp3) is 0.0667. The highest BCUT2D eigenvalue weighted by Gasteiger charge is 2.07. The Morgan fingerprint density at radius 3 is 2.95 bits per heavy atom. The number of hydrogen-bond acceptors (Lipinski definition) is 3. The van der Waals surface area contributed by atoms with Gasteiger partial charge in [-0.1, -0.05) is 12.1 Å². The molecule has 5 heteroatoms. The van der Waals surface area contributed by atoms with Crippen LogP contribution in [0.4, 0.5) is 4.39 Å². The largest absolute Gasteiger partial charge is 0.478 e. The maximum atomic E-state index is 13.8. The quantitative estimate of drug-likeness (QED) is 0.867. The van der Waals surface area contributed by atoms with Gasteiger partial charge in [-0.15, -0.1) is 0 Å². The highest BCUT2D eigenvalue weighted by atomic mass is 19.1. The van der Waals surface area contributed by atoms with E-state index < -0.39 is 11.8 Å². The molecule has 1 N–H and O–H groups in total. The molecule has 20 heavy (non-hydrogen) atoms. The summed E-state index contributed by atoms with van der Waals surface area (Å²) in [5.41, 5.74) is 1.04. The molecular weight excluding hydrogens is 261 g/mol. The molecule has 102 valence electrons. The van der Waals surface area contributed by atoms with Crippen molar-refractivity contribution in [1.29, 1.82) is 0 Å². The number of aryl methyl sites for hydroxylation is 1. The maximum Gasteiger partial charge on any atom is 0.328 e. The average molecular weight is 273 g/mol. The average Bonchev–Trinajstić information content (AvgIpc) is 2.42. The minimum atomic E-state index is -1.05. The molecule has 0 radical (unpaired) electrons. The number of ether oxygens (including phenoxy) is 1. The Bertz CT molecular complexity index is 668. The normalized spacial score (nSPS) is 10.7. The first-order chi connectivity index (χ1) is 9.56. The number of carboxylic acids is 1. The van der Waals surface area contributed by atoms with E-state index in [9.17, 15) is 9.18 Å². The van der Waals surface area contributed by atoms with Gasteiger partial charge in [0.1, 0.15) is 5.75 Å². The predicted octanol–water partition coefficient (Wildman–Crippen LogP) is 3.42. The van der Waals surface area contributed by atoms with Crippen LogP contribution in [-0.2, 0) is 4.79 Å². The van der Waals surface area contributed by atoms with Crippen molar-refractivity contribution >= 4 is 12.0 Å². The second-order valence-corrected chi connectivity index (χ2v) is 4.11. The van der Waals surface area contributed by atoms with Gasteiger partial charge >= 0.3 is 5.97 Å². The third-order valence-electron chi connectivity index (χ3n) is 2.54. The van der Waals surface area contributed by atoms with Crippen LogP contribution >= 0.6 is 0 Å². The molecule has 1 heterocycles. The van der Waals surface area contributed by atoms with Crippen LogP contribution in [0.1, 0.15) is 11.1 Å². The van der Waals surface area contributed by atoms with E-state index in [-0.39, 0.29) is 5.75 Å². The Morgan fingerprint density at radius 1 is 1.40 bits per heavy atom. The predicted molar refractivity (Wildman–Crippen MR) is 72.1 cm³/mol. The summed E-state index contributed by atoms with van der Waals surface area (Å²) in [4.78, 5) is 14.4. The molecule has 4 nitrogen and oxygen atoms in total. The van der Waals surface area contributed by atoms with Gasteiger partial charge in [-0.05, 0) is 36.3 Å². The zero-order valence-corrected chi connectivity index (χ0v) is 10.7. The van der Waals surface area contributed by atoms with Crippen molar-refractivity contribution in [2.24, 2.45) is 0 Å². The monoisotopic (exact) mass is 273 g/mol. The van der Waals surface area contributed by atoms with Gasteiger partial charge in [-0.3, -0.25) is 4.98 Å². The first kappa shape index (κ1) is 13.7. The molecule has 0 bridgehead atoms. The van der Waals surface area contributed by atoms with Gasteiger partial charge in [-0.2, -0.15) is 0 Å². The molecule has 2 aromatic rings. The van der Waals surface area contributed by atoms with Crippen LogP contribution in [0.3, 0.4) is 0 Å². The molecule has 0 fully saturated rings. The third kappa shape index (κ3) is 3.41. The van der Waals surface area contributed by atoms with E-state index in [4.69, 9.17) is 9.84 Å². The van der Waals surface area contributed by atoms with Gasteiger partial charge < -0.3 is 9.84 Å². The van der Waals surface area contributed by atoms with Gasteiger partial charge in [-0.25, -0.2) is 9.18 Å². The second kappa shape index (κ2) is 5.97. The molecule has 1 aromatic heterocycles. The molecule has 0 saturated heterocycles. The van der Waals surface area contributed by atoms with Gasteiger partial charge in [0.05, 0.1) is 6.20 Å². The molecule has 2 rings (SSSR count). The SMILES string of the molecule is Cc1cccc(Oc2cncc(/C=C/C(=O)O)c2)c1F. The molecule has 0 amide bonds. The minimum absolute atomic E-state index is 0.103. The van der Waals surface area contributed by atoms with Gasteiger partial charge in [0.25, 0.3) is 0 Å². The van der Waals surface area contributed by atoms with Crippen LogP contribution in [0.2, 0.25) is 0 Å². The fourth-order valence-corrected chi connectivity index (χ4v) is 1.58. The summed E-state index contributed by atoms with van der Waals surface area (Å²) in [5, 5.41) is 8.56. The van der Waals surface area contributed by atoms with E-state index in [1.807, 2.05) is 0 Å². The summed E-state index contributed by atoms with van der Waals surface area (Å²) in [7, 11) is 0. The molecule has 1 aromatic carbocycles. The zero-order valence-electron chi connectivity index (χ0n) is 10.7. The van der Waals surface area contributed by atoms with Gasteiger partial charge in [0.2, 0.25) is 0 Å². The Balaban J connectivity index is 2.24. The number of rotatable bonds is 4. The summed E-state index contributed by atoms with van der Waals surface area (Å²) < 4.78 is 19.2. The van der Waals surface area contributed by atoms with Gasteiger partial charge in [0, 0.05) is 12.3 Å². The Labute approximate surface area is 115 Å². The summed E-state index contributed by atoms with van der Waals surface area (Å²) in [5.74, 6) is -1.05. The van der Waals surface area contributed by atoms with E-state index in [0.717, 1.165) is 6.08 Å². The number of aromatic nitrogens is 1. The second-order valence-electron chi connectivity index (χ2n) is 4.11.